The van der Waals surface area contributed by atoms with Crippen LogP contribution in [0.4, 0.5) is 0 Å². The second-order valence-corrected chi connectivity index (χ2v) is 3.03. The van der Waals surface area contributed by atoms with E-state index in [1.807, 2.05) is 0 Å². The van der Waals surface area contributed by atoms with E-state index in [2.05, 4.69) is 49.0 Å². The summed E-state index contributed by atoms with van der Waals surface area (Å²) in [4.78, 5) is 0. The van der Waals surface area contributed by atoms with Crippen molar-refractivity contribution in [2.45, 2.75) is 6.42 Å². The van der Waals surface area contributed by atoms with Crippen LogP contribution in [0, 0.1) is 6.92 Å². The molecule has 12 heavy (non-hydrogen) atoms. The maximum absolute atomic E-state index is 3.91. The minimum Gasteiger partial charge on any atom is -0.350 e. The third kappa shape index (κ3) is 0.934. The monoisotopic (exact) mass is 158 g/mol. The summed E-state index contributed by atoms with van der Waals surface area (Å²) in [5, 5.41) is 1.33. The van der Waals surface area contributed by atoms with Crippen molar-refractivity contribution in [3.8, 4) is 0 Å². The van der Waals surface area contributed by atoms with Crippen LogP contribution in [0.25, 0.3) is 10.9 Å². The van der Waals surface area contributed by atoms with Crippen molar-refractivity contribution in [1.82, 2.24) is 4.57 Å². The Bertz CT molecular complexity index is 398. The summed E-state index contributed by atoms with van der Waals surface area (Å²) in [6.45, 7) is 3.91. The normalized spacial score (nSPS) is 10.8. The van der Waals surface area contributed by atoms with Gasteiger partial charge in [0.1, 0.15) is 0 Å². The van der Waals surface area contributed by atoms with Gasteiger partial charge in [-0.25, -0.2) is 0 Å². The lowest BCUT2D eigenvalue weighted by atomic mass is 10.1. The molecule has 0 amide bonds. The second kappa shape index (κ2) is 2.67. The fourth-order valence-corrected chi connectivity index (χ4v) is 1.62. The molecule has 0 atom stereocenters. The summed E-state index contributed by atoms with van der Waals surface area (Å²) in [5.74, 6) is 0. The zero-order valence-corrected chi connectivity index (χ0v) is 7.25. The van der Waals surface area contributed by atoms with Crippen LogP contribution >= 0.6 is 0 Å². The maximum Gasteiger partial charge on any atom is 0.0480 e. The average molecular weight is 158 g/mol. The summed E-state index contributed by atoms with van der Waals surface area (Å²) in [6, 6.07) is 8.42. The molecule has 0 N–H and O–H groups in total. The number of rotatable bonds is 1. The lowest BCUT2D eigenvalue weighted by Gasteiger charge is -1.93. The smallest absolute Gasteiger partial charge is 0.0480 e. The number of hydrogen-bond acceptors (Lipinski definition) is 0. The van der Waals surface area contributed by atoms with Crippen molar-refractivity contribution >= 4 is 10.9 Å². The molecule has 0 fully saturated rings. The van der Waals surface area contributed by atoms with E-state index in [0.717, 1.165) is 6.42 Å². The number of nitrogens with zero attached hydrogens (tertiary/aromatic N) is 1. The zero-order chi connectivity index (χ0) is 8.55. The van der Waals surface area contributed by atoms with Gasteiger partial charge in [-0.1, -0.05) is 18.2 Å². The second-order valence-electron chi connectivity index (χ2n) is 3.03. The molecule has 2 aromatic rings. The van der Waals surface area contributed by atoms with Gasteiger partial charge in [0.25, 0.3) is 0 Å². The number of para-hydroxylation sites is 1. The van der Waals surface area contributed by atoms with Crippen molar-refractivity contribution in [3.05, 3.63) is 42.9 Å². The van der Waals surface area contributed by atoms with E-state index in [1.165, 1.54) is 16.5 Å². The number of benzene rings is 1. The van der Waals surface area contributed by atoms with Crippen molar-refractivity contribution in [2.75, 3.05) is 0 Å². The fourth-order valence-electron chi connectivity index (χ4n) is 1.62. The molecule has 1 aromatic carbocycles. The average Bonchev–Trinajstić information content (AvgIpc) is 2.44. The summed E-state index contributed by atoms with van der Waals surface area (Å²) < 4.78 is 2.15. The lowest BCUT2D eigenvalue weighted by Crippen LogP contribution is -1.81. The molecule has 1 radical (unpaired) electrons. The Morgan fingerprint density at radius 1 is 1.33 bits per heavy atom. The number of fused-ring (bicyclic) bond motifs is 1. The molecule has 0 aliphatic rings. The van der Waals surface area contributed by atoms with E-state index >= 15 is 0 Å². The predicted molar refractivity (Wildman–Crippen MR) is 52.0 cm³/mol. The van der Waals surface area contributed by atoms with Crippen LogP contribution in [0.15, 0.2) is 30.5 Å². The Balaban J connectivity index is 2.82. The summed E-state index contributed by atoms with van der Waals surface area (Å²) in [7, 11) is 2.07. The zero-order valence-electron chi connectivity index (χ0n) is 7.25. The van der Waals surface area contributed by atoms with Crippen LogP contribution in [-0.2, 0) is 13.5 Å². The summed E-state index contributed by atoms with van der Waals surface area (Å²) >= 11 is 0. The first-order valence-electron chi connectivity index (χ1n) is 4.15. The molecular weight excluding hydrogens is 146 g/mol. The van der Waals surface area contributed by atoms with Crippen LogP contribution in [-0.4, -0.2) is 4.57 Å². The van der Waals surface area contributed by atoms with Crippen LogP contribution in [0.2, 0.25) is 0 Å². The van der Waals surface area contributed by atoms with Gasteiger partial charge >= 0.3 is 0 Å². The molecule has 0 spiro atoms. The van der Waals surface area contributed by atoms with E-state index in [1.54, 1.807) is 0 Å². The molecule has 1 aromatic heterocycles. The molecule has 61 valence electrons. The van der Waals surface area contributed by atoms with Gasteiger partial charge in [0.2, 0.25) is 0 Å². The van der Waals surface area contributed by atoms with Crippen LogP contribution in [0.1, 0.15) is 5.56 Å². The highest BCUT2D eigenvalue weighted by Crippen LogP contribution is 2.19. The topological polar surface area (TPSA) is 4.93 Å². The van der Waals surface area contributed by atoms with Gasteiger partial charge in [0.15, 0.2) is 0 Å². The lowest BCUT2D eigenvalue weighted by molar-refractivity contribution is 0.960. The van der Waals surface area contributed by atoms with Crippen LogP contribution < -0.4 is 0 Å². The molecule has 0 bridgehead atoms. The van der Waals surface area contributed by atoms with Gasteiger partial charge < -0.3 is 4.57 Å². The van der Waals surface area contributed by atoms with E-state index in [0.29, 0.717) is 0 Å². The SMILES string of the molecule is [CH2]Cc1cn(C)c2ccccc12. The van der Waals surface area contributed by atoms with E-state index < -0.39 is 0 Å². The van der Waals surface area contributed by atoms with Crippen LogP contribution in [0.5, 0.6) is 0 Å². The first kappa shape index (κ1) is 7.41. The molecular formula is C11H12N. The molecule has 1 nitrogen and oxygen atoms in total. The van der Waals surface area contributed by atoms with Gasteiger partial charge in [-0.05, 0) is 25.0 Å². The Kier molecular flexibility index (Phi) is 1.65. The highest BCUT2D eigenvalue weighted by molar-refractivity contribution is 5.83. The van der Waals surface area contributed by atoms with Gasteiger partial charge in [0.05, 0.1) is 0 Å². The van der Waals surface area contributed by atoms with Crippen molar-refractivity contribution in [2.24, 2.45) is 7.05 Å². The maximum atomic E-state index is 3.91. The predicted octanol–water partition coefficient (Wildman–Crippen LogP) is 2.55. The van der Waals surface area contributed by atoms with E-state index in [9.17, 15) is 0 Å². The highest BCUT2D eigenvalue weighted by Gasteiger charge is 2.02. The Morgan fingerprint density at radius 3 is 2.83 bits per heavy atom. The molecule has 0 unspecified atom stereocenters. The molecule has 1 heteroatoms. The van der Waals surface area contributed by atoms with Crippen molar-refractivity contribution in [3.63, 3.8) is 0 Å². The Morgan fingerprint density at radius 2 is 2.08 bits per heavy atom. The molecule has 0 aliphatic heterocycles. The largest absolute Gasteiger partial charge is 0.350 e. The molecule has 0 aliphatic carbocycles. The number of hydrogen-bond donors (Lipinski definition) is 0. The first-order chi connectivity index (χ1) is 5.83. The van der Waals surface area contributed by atoms with Crippen molar-refractivity contribution in [1.29, 1.82) is 0 Å². The van der Waals surface area contributed by atoms with Crippen molar-refractivity contribution < 1.29 is 0 Å². The minimum atomic E-state index is 0.862. The quantitative estimate of drug-likeness (QED) is 0.601. The van der Waals surface area contributed by atoms with Gasteiger partial charge in [-0.2, -0.15) is 0 Å². The third-order valence-electron chi connectivity index (χ3n) is 2.25. The molecule has 1 heterocycles. The number of aromatic nitrogens is 1. The minimum absolute atomic E-state index is 0.862. The third-order valence-corrected chi connectivity index (χ3v) is 2.25. The molecule has 2 rings (SSSR count). The molecule has 0 saturated carbocycles. The fraction of sp³-hybridized carbons (Fsp3) is 0.182. The van der Waals surface area contributed by atoms with Gasteiger partial charge in [-0.3, -0.25) is 0 Å². The summed E-state index contributed by atoms with van der Waals surface area (Å²) in [5.41, 5.74) is 2.62. The van der Waals surface area contributed by atoms with E-state index in [4.69, 9.17) is 0 Å². The first-order valence-corrected chi connectivity index (χ1v) is 4.15. The number of aryl methyl sites for hydroxylation is 1. The van der Waals surface area contributed by atoms with Crippen LogP contribution in [0.3, 0.4) is 0 Å². The highest BCUT2D eigenvalue weighted by atomic mass is 14.9. The standard InChI is InChI=1S/C11H12N/c1-3-9-8-12(2)11-7-5-4-6-10(9)11/h4-8H,1,3H2,2H3. The Labute approximate surface area is 72.6 Å². The van der Waals surface area contributed by atoms with Gasteiger partial charge in [0, 0.05) is 24.1 Å². The summed E-state index contributed by atoms with van der Waals surface area (Å²) in [6.07, 6.45) is 3.01. The Hall–Kier alpha value is -1.24. The van der Waals surface area contributed by atoms with E-state index in [-0.39, 0.29) is 0 Å². The van der Waals surface area contributed by atoms with Gasteiger partial charge in [-0.15, -0.1) is 0 Å². The molecule has 0 saturated heterocycles.